The summed E-state index contributed by atoms with van der Waals surface area (Å²) in [4.78, 5) is 37.8. The van der Waals surface area contributed by atoms with Crippen molar-refractivity contribution in [1.82, 2.24) is 29.3 Å². The number of hydrogen-bond donors (Lipinski definition) is 0. The average molecular weight is 1890 g/mol. The van der Waals surface area contributed by atoms with Crippen molar-refractivity contribution in [3.05, 3.63) is 252 Å². The van der Waals surface area contributed by atoms with Gasteiger partial charge in [-0.2, -0.15) is 27.0 Å². The van der Waals surface area contributed by atoms with Gasteiger partial charge in [-0.25, -0.2) is 29.9 Å². The Morgan fingerprint density at radius 1 is 0.317 bits per heavy atom. The van der Waals surface area contributed by atoms with E-state index >= 15 is 0 Å². The van der Waals surface area contributed by atoms with Crippen LogP contribution in [0.5, 0.6) is 0 Å². The Balaban J connectivity index is 0.000000678. The van der Waals surface area contributed by atoms with Gasteiger partial charge in [0.1, 0.15) is 29.2 Å². The zero-order valence-electron chi connectivity index (χ0n) is 85.4. The zero-order valence-corrected chi connectivity index (χ0v) is 92.7. The number of amidine groups is 1. The van der Waals surface area contributed by atoms with Crippen LogP contribution in [0.2, 0.25) is 0 Å². The second kappa shape index (κ2) is 53.1. The van der Waals surface area contributed by atoms with Gasteiger partial charge in [0.15, 0.2) is 5.89 Å². The minimum absolute atomic E-state index is 0.0451. The number of oxazole rings is 1. The standard InChI is InChI=1S/C8H13N.2C8H12O.5C8H12S.C7H12N2.C7H11NO.3C7H11NS.C6H10N2S/c1-8(2,3)7-5-4-6-9-7;1-8(2,3)7-4-5-9-6-7;1-8(2,3)7-5-4-6-9-7;2*1-8(2,3)7-4-5-9-6-7;3*1-8(2,3)7-5-4-6-9-7;2*1-7(2,3)6-8-4-5-9-6;1-7(2,3)6-4-9-5-8-6;2*1-7(2,3)6-8-4-5-9-6;1-6(2,3)5-7-4-8-9-5/h4-5H,6H2,1-3H3;7*4-6H,1-3H3;4H,5H2,1-3H3;4*4-5H,1-3H3;4H,1-3H3. The van der Waals surface area contributed by atoms with Gasteiger partial charge in [-0.15, -0.1) is 68.0 Å². The van der Waals surface area contributed by atoms with E-state index in [-0.39, 0.29) is 48.7 Å². The predicted molar refractivity (Wildman–Crippen MR) is 567 cm³/mol. The van der Waals surface area contributed by atoms with E-state index in [1.807, 2.05) is 87.1 Å². The molecule has 2 aliphatic heterocycles. The van der Waals surface area contributed by atoms with Gasteiger partial charge in [0.25, 0.3) is 0 Å². The molecule has 0 bridgehead atoms. The summed E-state index contributed by atoms with van der Waals surface area (Å²) in [6.07, 6.45) is 19.8. The Bertz CT molecular complexity index is 3700. The first-order chi connectivity index (χ1) is 57.5. The number of hydrogen-bond acceptors (Lipinski definition) is 21. The molecule has 126 heavy (non-hydrogen) atoms. The minimum atomic E-state index is 0.0451. The Kier molecular flexibility index (Phi) is 49.5. The number of aliphatic imine (C=N–C) groups is 3. The number of thiophene rings is 5. The Hall–Kier alpha value is -6.53. The van der Waals surface area contributed by atoms with Gasteiger partial charge < -0.3 is 13.3 Å². The Morgan fingerprint density at radius 3 is 0.937 bits per heavy atom. The van der Waals surface area contributed by atoms with Gasteiger partial charge in [0.05, 0.1) is 59.3 Å². The van der Waals surface area contributed by atoms with Crippen LogP contribution in [0.25, 0.3) is 0 Å². The monoisotopic (exact) mass is 1890 g/mol. The molecular weight excluding hydrogens is 1720 g/mol. The van der Waals surface area contributed by atoms with Crippen LogP contribution in [0.1, 0.15) is 354 Å². The van der Waals surface area contributed by atoms with Gasteiger partial charge in [-0.1, -0.05) is 315 Å². The molecule has 0 radical (unpaired) electrons. The largest absolute Gasteiger partial charge is 0.472 e. The van der Waals surface area contributed by atoms with E-state index < -0.39 is 0 Å². The molecule has 0 saturated heterocycles. The third-order valence-electron chi connectivity index (χ3n) is 17.2. The molecule has 0 saturated carbocycles. The SMILES string of the molecule is CC(C)(C)C1=NCC=C1.CC(C)(C)C1=NCC=N1.CC(C)(C)c1ccco1.CC(C)(C)c1cccs1.CC(C)(C)c1cccs1.CC(C)(C)c1cccs1.CC(C)(C)c1ccoc1.CC(C)(C)c1ccsc1.CC(C)(C)c1ccsc1.CC(C)(C)c1cscn1.CC(C)(C)c1ncco1.CC(C)(C)c1nccs1.CC(C)(C)c1nccs1.CC(C)(C)c1ncns1. The molecule has 2 aliphatic rings. The first-order valence-electron chi connectivity index (χ1n) is 43.4. The molecule has 0 fully saturated rings. The normalized spacial score (nSPS) is 12.8. The smallest absolute Gasteiger partial charge is 0.199 e. The second-order valence-electron chi connectivity index (χ2n) is 44.7. The van der Waals surface area contributed by atoms with Crippen molar-refractivity contribution < 1.29 is 13.3 Å². The van der Waals surface area contributed by atoms with E-state index in [2.05, 4.69) is 439 Å². The van der Waals surface area contributed by atoms with Crippen molar-refractivity contribution in [3.8, 4) is 0 Å². The summed E-state index contributed by atoms with van der Waals surface area (Å²) in [5.41, 5.74) is 11.8. The van der Waals surface area contributed by atoms with Gasteiger partial charge in [0, 0.05) is 98.4 Å². The highest BCUT2D eigenvalue weighted by atomic mass is 32.1. The molecular formula is C105H163N9O3S9. The molecule has 0 unspecified atom stereocenters. The fourth-order valence-corrected chi connectivity index (χ4v) is 16.3. The fourth-order valence-electron chi connectivity index (χ4n) is 9.34. The molecule has 14 rings (SSSR count). The molecule has 0 spiro atoms. The summed E-state index contributed by atoms with van der Waals surface area (Å²) in [5, 5.41) is 24.7. The van der Waals surface area contributed by atoms with E-state index in [1.54, 1.807) is 94.3 Å². The highest BCUT2D eigenvalue weighted by Crippen LogP contribution is 2.33. The van der Waals surface area contributed by atoms with E-state index in [0.29, 0.717) is 27.1 Å². The second-order valence-corrected chi connectivity index (χ2v) is 52.4. The lowest BCUT2D eigenvalue weighted by Crippen LogP contribution is -2.16. The van der Waals surface area contributed by atoms with Crippen LogP contribution in [0.3, 0.4) is 0 Å². The van der Waals surface area contributed by atoms with E-state index in [9.17, 15) is 0 Å². The van der Waals surface area contributed by atoms with Crippen LogP contribution in [-0.2, 0) is 65.0 Å². The van der Waals surface area contributed by atoms with Crippen LogP contribution in [0, 0.1) is 10.8 Å². The molecule has 0 N–H and O–H groups in total. The zero-order chi connectivity index (χ0) is 96.7. The lowest BCUT2D eigenvalue weighted by atomic mass is 9.89. The van der Waals surface area contributed by atoms with E-state index in [4.69, 9.17) is 13.3 Å². The molecule has 12 nitrogen and oxygen atoms in total. The topological polar surface area (TPSA) is 154 Å². The highest BCUT2D eigenvalue weighted by Gasteiger charge is 2.24. The van der Waals surface area contributed by atoms with E-state index in [0.717, 1.165) is 35.6 Å². The minimum Gasteiger partial charge on any atom is -0.472 e. The molecule has 0 atom stereocenters. The quantitative estimate of drug-likeness (QED) is 0.144. The molecule has 0 amide bonds. The van der Waals surface area contributed by atoms with Crippen molar-refractivity contribution in [2.45, 2.75) is 356 Å². The summed E-state index contributed by atoms with van der Waals surface area (Å²) >= 11 is 15.6. The van der Waals surface area contributed by atoms with Gasteiger partial charge in [-0.3, -0.25) is 9.98 Å². The third-order valence-corrected chi connectivity index (χ3v) is 26.6. The number of nitrogens with zero attached hydrogens (tertiary/aromatic N) is 9. The van der Waals surface area contributed by atoms with Crippen LogP contribution in [-0.4, -0.2) is 60.1 Å². The van der Waals surface area contributed by atoms with Crippen molar-refractivity contribution >= 4 is 120 Å². The van der Waals surface area contributed by atoms with Crippen LogP contribution < -0.4 is 0 Å². The molecule has 14 heterocycles. The lowest BCUT2D eigenvalue weighted by molar-refractivity contribution is 0.392. The first kappa shape index (κ1) is 117. The van der Waals surface area contributed by atoms with Crippen LogP contribution in [0.15, 0.2) is 216 Å². The van der Waals surface area contributed by atoms with Crippen LogP contribution >= 0.6 is 102 Å². The van der Waals surface area contributed by atoms with Crippen molar-refractivity contribution in [1.29, 1.82) is 0 Å². The molecule has 700 valence electrons. The third kappa shape index (κ3) is 51.8. The van der Waals surface area contributed by atoms with E-state index in [1.165, 1.54) is 64.3 Å². The number of furan rings is 2. The van der Waals surface area contributed by atoms with Gasteiger partial charge in [-0.05, 0) is 153 Å². The summed E-state index contributed by atoms with van der Waals surface area (Å²) in [7, 11) is 0. The van der Waals surface area contributed by atoms with Crippen molar-refractivity contribution in [3.63, 3.8) is 0 Å². The van der Waals surface area contributed by atoms with Crippen molar-refractivity contribution in [2.24, 2.45) is 25.8 Å². The van der Waals surface area contributed by atoms with Crippen LogP contribution in [0.4, 0.5) is 0 Å². The van der Waals surface area contributed by atoms with Gasteiger partial charge >= 0.3 is 0 Å². The highest BCUT2D eigenvalue weighted by molar-refractivity contribution is 7.11. The summed E-state index contributed by atoms with van der Waals surface area (Å²) in [6, 6.07) is 23.2. The number of thiazole rings is 3. The lowest BCUT2D eigenvalue weighted by Gasteiger charge is -2.16. The maximum Gasteiger partial charge on any atom is 0.199 e. The summed E-state index contributed by atoms with van der Waals surface area (Å²) < 4.78 is 19.1. The number of rotatable bonds is 0. The van der Waals surface area contributed by atoms with Crippen molar-refractivity contribution in [2.75, 3.05) is 13.1 Å². The number of allylic oxidation sites excluding steroid dienone is 1. The Labute approximate surface area is 802 Å². The van der Waals surface area contributed by atoms with Gasteiger partial charge in [0.2, 0.25) is 0 Å². The molecule has 12 aromatic rings. The molecule has 0 aromatic carbocycles. The molecule has 0 aliphatic carbocycles. The average Bonchev–Trinajstić information content (AvgIpc) is 1.87. The maximum atomic E-state index is 5.20. The molecule has 12 aromatic heterocycles. The fraction of sp³-hybridized carbons (Fsp3) is 0.552. The Morgan fingerprint density at radius 2 is 0.778 bits per heavy atom. The number of aromatic nitrogens is 6. The molecule has 21 heteroatoms. The summed E-state index contributed by atoms with van der Waals surface area (Å²) in [6.45, 7) is 93.1. The predicted octanol–water partition coefficient (Wildman–Crippen LogP) is 35.1. The first-order valence-corrected chi connectivity index (χ1v) is 51.4. The maximum absolute atomic E-state index is 5.20. The summed E-state index contributed by atoms with van der Waals surface area (Å²) in [5.74, 6) is 2.81.